The van der Waals surface area contributed by atoms with Crippen molar-refractivity contribution < 1.29 is 19.7 Å². The Labute approximate surface area is 136 Å². The first kappa shape index (κ1) is 19.9. The van der Waals surface area contributed by atoms with Gasteiger partial charge in [-0.3, -0.25) is 0 Å². The van der Waals surface area contributed by atoms with Crippen LogP contribution < -0.4 is 0 Å². The van der Waals surface area contributed by atoms with Crippen LogP contribution in [-0.4, -0.2) is 47.8 Å². The largest absolute Gasteiger partial charge is 0.394 e. The molecule has 0 saturated carbocycles. The van der Waals surface area contributed by atoms with Crippen molar-refractivity contribution in [3.8, 4) is 0 Å². The average Bonchev–Trinajstić information content (AvgIpc) is 2.86. The third-order valence-electron chi connectivity index (χ3n) is 4.96. The predicted octanol–water partition coefficient (Wildman–Crippen LogP) is 3.14. The number of ether oxygens (including phenoxy) is 2. The Bertz CT molecular complexity index is 300. The van der Waals surface area contributed by atoms with Crippen LogP contribution in [0.1, 0.15) is 66.7 Å². The maximum absolute atomic E-state index is 9.51. The van der Waals surface area contributed by atoms with Crippen LogP contribution in [0.5, 0.6) is 0 Å². The van der Waals surface area contributed by atoms with Gasteiger partial charge in [0.1, 0.15) is 6.10 Å². The number of rotatable bonds is 9. The second-order valence-corrected chi connectivity index (χ2v) is 7.81. The lowest BCUT2D eigenvalue weighted by Gasteiger charge is -2.32. The van der Waals surface area contributed by atoms with Crippen LogP contribution in [0.4, 0.5) is 0 Å². The summed E-state index contributed by atoms with van der Waals surface area (Å²) in [4.78, 5) is 0. The third kappa shape index (κ3) is 6.15. The van der Waals surface area contributed by atoms with E-state index < -0.39 is 6.10 Å². The first-order valence-electron chi connectivity index (χ1n) is 8.85. The molecule has 0 aliphatic carbocycles. The van der Waals surface area contributed by atoms with Gasteiger partial charge in [-0.15, -0.1) is 0 Å². The minimum Gasteiger partial charge on any atom is -0.394 e. The molecule has 4 nitrogen and oxygen atoms in total. The summed E-state index contributed by atoms with van der Waals surface area (Å²) in [6.45, 7) is 11.1. The lowest BCUT2D eigenvalue weighted by molar-refractivity contribution is -0.0688. The van der Waals surface area contributed by atoms with Gasteiger partial charge in [0.15, 0.2) is 0 Å². The van der Waals surface area contributed by atoms with Crippen molar-refractivity contribution in [2.24, 2.45) is 11.3 Å². The quantitative estimate of drug-likeness (QED) is 0.642. The van der Waals surface area contributed by atoms with Gasteiger partial charge in [-0.25, -0.2) is 0 Å². The molecule has 22 heavy (non-hydrogen) atoms. The average molecular weight is 316 g/mol. The highest BCUT2D eigenvalue weighted by Crippen LogP contribution is 2.38. The Morgan fingerprint density at radius 3 is 2.50 bits per heavy atom. The van der Waals surface area contributed by atoms with Gasteiger partial charge in [0.05, 0.1) is 31.5 Å². The molecule has 1 aliphatic heterocycles. The smallest absolute Gasteiger partial charge is 0.100 e. The SMILES string of the molecule is CCCCCC1OC(C(C)C(C)(C)C)CC1OCC(O)CO. The van der Waals surface area contributed by atoms with Crippen molar-refractivity contribution in [1.82, 2.24) is 0 Å². The Morgan fingerprint density at radius 2 is 1.95 bits per heavy atom. The van der Waals surface area contributed by atoms with Crippen LogP contribution in [0.25, 0.3) is 0 Å². The summed E-state index contributed by atoms with van der Waals surface area (Å²) < 4.78 is 12.2. The van der Waals surface area contributed by atoms with Gasteiger partial charge in [-0.05, 0) is 17.8 Å². The van der Waals surface area contributed by atoms with Crippen molar-refractivity contribution in [1.29, 1.82) is 0 Å². The van der Waals surface area contributed by atoms with E-state index >= 15 is 0 Å². The monoisotopic (exact) mass is 316 g/mol. The molecule has 1 rings (SSSR count). The highest BCUT2D eigenvalue weighted by molar-refractivity contribution is 4.89. The molecule has 0 spiro atoms. The zero-order chi connectivity index (χ0) is 16.8. The second-order valence-electron chi connectivity index (χ2n) is 7.81. The molecule has 0 aromatic rings. The van der Waals surface area contributed by atoms with Crippen LogP contribution in [0.3, 0.4) is 0 Å². The van der Waals surface area contributed by atoms with Gasteiger partial charge in [0, 0.05) is 6.42 Å². The first-order valence-corrected chi connectivity index (χ1v) is 8.85. The summed E-state index contributed by atoms with van der Waals surface area (Å²) in [5, 5.41) is 18.4. The van der Waals surface area contributed by atoms with E-state index in [1.165, 1.54) is 12.8 Å². The molecule has 0 aromatic heterocycles. The molecule has 0 radical (unpaired) electrons. The Balaban J connectivity index is 2.60. The van der Waals surface area contributed by atoms with E-state index in [2.05, 4.69) is 34.6 Å². The summed E-state index contributed by atoms with van der Waals surface area (Å²) in [6, 6.07) is 0. The lowest BCUT2D eigenvalue weighted by Crippen LogP contribution is -2.30. The van der Waals surface area contributed by atoms with Crippen LogP contribution in [0.15, 0.2) is 0 Å². The van der Waals surface area contributed by atoms with E-state index in [0.29, 0.717) is 5.92 Å². The van der Waals surface area contributed by atoms with E-state index in [4.69, 9.17) is 14.6 Å². The molecule has 0 aromatic carbocycles. The number of hydrogen-bond acceptors (Lipinski definition) is 4. The zero-order valence-corrected chi connectivity index (χ0v) is 15.0. The Hall–Kier alpha value is -0.160. The molecule has 1 saturated heterocycles. The van der Waals surface area contributed by atoms with Crippen molar-refractivity contribution in [2.75, 3.05) is 13.2 Å². The van der Waals surface area contributed by atoms with Gasteiger partial charge in [-0.1, -0.05) is 53.9 Å². The molecule has 4 heteroatoms. The van der Waals surface area contributed by atoms with Crippen LogP contribution in [-0.2, 0) is 9.47 Å². The Kier molecular flexibility index (Phi) is 8.33. The first-order chi connectivity index (χ1) is 10.3. The van der Waals surface area contributed by atoms with E-state index in [0.717, 1.165) is 19.3 Å². The zero-order valence-electron chi connectivity index (χ0n) is 15.0. The van der Waals surface area contributed by atoms with Gasteiger partial charge in [0.2, 0.25) is 0 Å². The topological polar surface area (TPSA) is 58.9 Å². The molecule has 5 unspecified atom stereocenters. The fourth-order valence-electron chi connectivity index (χ4n) is 2.94. The maximum atomic E-state index is 9.51. The second kappa shape index (κ2) is 9.21. The summed E-state index contributed by atoms with van der Waals surface area (Å²) in [7, 11) is 0. The van der Waals surface area contributed by atoms with Gasteiger partial charge < -0.3 is 19.7 Å². The lowest BCUT2D eigenvalue weighted by atomic mass is 9.78. The summed E-state index contributed by atoms with van der Waals surface area (Å²) in [5.74, 6) is 0.456. The highest BCUT2D eigenvalue weighted by Gasteiger charge is 2.41. The van der Waals surface area contributed by atoms with Crippen LogP contribution >= 0.6 is 0 Å². The van der Waals surface area contributed by atoms with Gasteiger partial charge in [0.25, 0.3) is 0 Å². The predicted molar refractivity (Wildman–Crippen MR) is 88.9 cm³/mol. The molecular formula is C18H36O4. The number of hydrogen-bond donors (Lipinski definition) is 2. The molecule has 132 valence electrons. The van der Waals surface area contributed by atoms with Gasteiger partial charge >= 0.3 is 0 Å². The number of aliphatic hydroxyl groups is 2. The number of aliphatic hydroxyl groups excluding tert-OH is 2. The summed E-state index contributed by atoms with van der Waals surface area (Å²) in [5.41, 5.74) is 0.206. The molecule has 1 heterocycles. The van der Waals surface area contributed by atoms with Gasteiger partial charge in [-0.2, -0.15) is 0 Å². The molecule has 1 aliphatic rings. The molecule has 2 N–H and O–H groups in total. The van der Waals surface area contributed by atoms with Crippen molar-refractivity contribution in [3.05, 3.63) is 0 Å². The standard InChI is InChI=1S/C18H36O4/c1-6-7-8-9-15-17(21-12-14(20)11-19)10-16(22-15)13(2)18(3,4)5/h13-17,19-20H,6-12H2,1-5H3. The Morgan fingerprint density at radius 1 is 1.27 bits per heavy atom. The van der Waals surface area contributed by atoms with Crippen LogP contribution in [0.2, 0.25) is 0 Å². The highest BCUT2D eigenvalue weighted by atomic mass is 16.6. The van der Waals surface area contributed by atoms with E-state index in [1.807, 2.05) is 0 Å². The van der Waals surface area contributed by atoms with E-state index in [9.17, 15) is 5.11 Å². The third-order valence-corrected chi connectivity index (χ3v) is 4.96. The van der Waals surface area contributed by atoms with Crippen molar-refractivity contribution in [2.45, 2.75) is 91.1 Å². The molecule has 0 bridgehead atoms. The van der Waals surface area contributed by atoms with E-state index in [-0.39, 0.29) is 36.9 Å². The van der Waals surface area contributed by atoms with Crippen molar-refractivity contribution >= 4 is 0 Å². The molecule has 1 fully saturated rings. The fraction of sp³-hybridized carbons (Fsp3) is 1.00. The molecule has 5 atom stereocenters. The summed E-state index contributed by atoms with van der Waals surface area (Å²) in [6.07, 6.45) is 5.03. The minimum absolute atomic E-state index is 0.0351. The van der Waals surface area contributed by atoms with Crippen LogP contribution in [0, 0.1) is 11.3 Å². The molecular weight excluding hydrogens is 280 g/mol. The number of unbranched alkanes of at least 4 members (excludes halogenated alkanes) is 2. The normalized spacial score (nSPS) is 28.8. The van der Waals surface area contributed by atoms with Crippen molar-refractivity contribution in [3.63, 3.8) is 0 Å². The minimum atomic E-state index is -0.796. The summed E-state index contributed by atoms with van der Waals surface area (Å²) >= 11 is 0. The molecule has 0 amide bonds. The maximum Gasteiger partial charge on any atom is 0.100 e. The van der Waals surface area contributed by atoms with E-state index in [1.54, 1.807) is 0 Å². The fourth-order valence-corrected chi connectivity index (χ4v) is 2.94.